The largest absolute Gasteiger partial charge is 0.390 e. The predicted molar refractivity (Wildman–Crippen MR) is 90.3 cm³/mol. The molecule has 23 heavy (non-hydrogen) atoms. The van der Waals surface area contributed by atoms with E-state index in [1.165, 1.54) is 0 Å². The van der Waals surface area contributed by atoms with E-state index in [2.05, 4.69) is 44.3 Å². The van der Waals surface area contributed by atoms with Gasteiger partial charge in [-0.1, -0.05) is 30.3 Å². The molecule has 0 aliphatic carbocycles. The van der Waals surface area contributed by atoms with Crippen molar-refractivity contribution in [2.24, 2.45) is 0 Å². The molecule has 2 aliphatic heterocycles. The topological polar surface area (TPSA) is 52.5 Å². The molecule has 120 valence electrons. The summed E-state index contributed by atoms with van der Waals surface area (Å²) in [4.78, 5) is 4.71. The lowest BCUT2D eigenvalue weighted by molar-refractivity contribution is -0.0301. The number of aromatic nitrogens is 2. The highest BCUT2D eigenvalue weighted by molar-refractivity contribution is 5.59. The first-order valence-electron chi connectivity index (χ1n) is 8.36. The smallest absolute Gasteiger partial charge is 0.151 e. The van der Waals surface area contributed by atoms with Gasteiger partial charge in [-0.3, -0.25) is 4.90 Å². The molecule has 0 amide bonds. The third-order valence-corrected chi connectivity index (χ3v) is 4.92. The molecule has 0 atom stereocenters. The molecule has 2 saturated heterocycles. The van der Waals surface area contributed by atoms with Crippen LogP contribution in [0.1, 0.15) is 12.8 Å². The number of aliphatic hydroxyl groups excluding tert-OH is 1. The van der Waals surface area contributed by atoms with Gasteiger partial charge in [-0.25, -0.2) is 0 Å². The van der Waals surface area contributed by atoms with E-state index < -0.39 is 0 Å². The summed E-state index contributed by atoms with van der Waals surface area (Å²) < 4.78 is 0. The highest BCUT2D eigenvalue weighted by Gasteiger charge is 2.33. The Hall–Kier alpha value is -1.98. The van der Waals surface area contributed by atoms with Gasteiger partial charge >= 0.3 is 0 Å². The lowest BCUT2D eigenvalue weighted by Crippen LogP contribution is -2.57. The Labute approximate surface area is 136 Å². The van der Waals surface area contributed by atoms with E-state index >= 15 is 0 Å². The van der Waals surface area contributed by atoms with E-state index in [4.69, 9.17) is 0 Å². The number of anilines is 1. The van der Waals surface area contributed by atoms with E-state index in [-0.39, 0.29) is 6.10 Å². The standard InChI is InChI=1S/C18H22N4O/c23-16-12-22(13-16)15-8-10-21(11-9-15)18-7-6-17(19-20-18)14-4-2-1-3-5-14/h1-7,15-16,23H,8-13H2. The zero-order valence-corrected chi connectivity index (χ0v) is 13.2. The number of nitrogens with zero attached hydrogens (tertiary/aromatic N) is 4. The number of hydrogen-bond acceptors (Lipinski definition) is 5. The Kier molecular flexibility index (Phi) is 3.97. The Morgan fingerprint density at radius 3 is 2.26 bits per heavy atom. The number of aliphatic hydroxyl groups is 1. The summed E-state index contributed by atoms with van der Waals surface area (Å²) in [7, 11) is 0. The zero-order chi connectivity index (χ0) is 15.6. The second-order valence-corrected chi connectivity index (χ2v) is 6.47. The molecule has 4 rings (SSSR count). The summed E-state index contributed by atoms with van der Waals surface area (Å²) in [5.74, 6) is 0.965. The molecule has 0 bridgehead atoms. The molecule has 2 fully saturated rings. The maximum absolute atomic E-state index is 9.43. The van der Waals surface area contributed by atoms with Gasteiger partial charge in [-0.15, -0.1) is 10.2 Å². The van der Waals surface area contributed by atoms with Crippen molar-refractivity contribution in [3.63, 3.8) is 0 Å². The second-order valence-electron chi connectivity index (χ2n) is 6.47. The number of piperidine rings is 1. The Balaban J connectivity index is 1.38. The van der Waals surface area contributed by atoms with Gasteiger partial charge in [0.25, 0.3) is 0 Å². The van der Waals surface area contributed by atoms with Gasteiger partial charge in [0.05, 0.1) is 11.8 Å². The molecule has 1 aromatic carbocycles. The van der Waals surface area contributed by atoms with Crippen molar-refractivity contribution in [1.29, 1.82) is 0 Å². The van der Waals surface area contributed by atoms with E-state index in [0.29, 0.717) is 6.04 Å². The van der Waals surface area contributed by atoms with Crippen molar-refractivity contribution >= 4 is 5.82 Å². The van der Waals surface area contributed by atoms with Crippen LogP contribution in [0.4, 0.5) is 5.82 Å². The van der Waals surface area contributed by atoms with Gasteiger partial charge < -0.3 is 10.0 Å². The molecule has 2 aromatic rings. The van der Waals surface area contributed by atoms with Crippen LogP contribution >= 0.6 is 0 Å². The summed E-state index contributed by atoms with van der Waals surface area (Å²) in [6.45, 7) is 3.71. The first-order chi connectivity index (χ1) is 11.3. The highest BCUT2D eigenvalue weighted by atomic mass is 16.3. The highest BCUT2D eigenvalue weighted by Crippen LogP contribution is 2.25. The summed E-state index contributed by atoms with van der Waals surface area (Å²) in [5, 5.41) is 18.2. The van der Waals surface area contributed by atoms with Crippen LogP contribution in [0.2, 0.25) is 0 Å². The Morgan fingerprint density at radius 2 is 1.65 bits per heavy atom. The van der Waals surface area contributed by atoms with Crippen LogP contribution in [-0.4, -0.2) is 58.5 Å². The quantitative estimate of drug-likeness (QED) is 0.937. The average Bonchev–Trinajstić information content (AvgIpc) is 2.60. The van der Waals surface area contributed by atoms with E-state index in [9.17, 15) is 5.11 Å². The SMILES string of the molecule is OC1CN(C2CCN(c3ccc(-c4ccccc4)nn3)CC2)C1. The number of β-amino-alcohol motifs (C(OH)–C–C–N with tert-alkyl or cyclic N) is 1. The van der Waals surface area contributed by atoms with Crippen LogP contribution in [-0.2, 0) is 0 Å². The van der Waals surface area contributed by atoms with Crippen LogP contribution in [0, 0.1) is 0 Å². The van der Waals surface area contributed by atoms with Crippen molar-refractivity contribution in [2.45, 2.75) is 25.0 Å². The van der Waals surface area contributed by atoms with Gasteiger partial charge in [0.15, 0.2) is 5.82 Å². The molecule has 0 spiro atoms. The summed E-state index contributed by atoms with van der Waals surface area (Å²) in [6.07, 6.45) is 2.16. The van der Waals surface area contributed by atoms with Gasteiger partial charge in [0.1, 0.15) is 0 Å². The molecule has 1 aromatic heterocycles. The molecule has 5 heteroatoms. The van der Waals surface area contributed by atoms with Crippen LogP contribution < -0.4 is 4.90 Å². The third-order valence-electron chi connectivity index (χ3n) is 4.92. The van der Waals surface area contributed by atoms with Gasteiger partial charge in [-0.05, 0) is 25.0 Å². The molecule has 0 unspecified atom stereocenters. The Bertz CT molecular complexity index is 632. The number of hydrogen-bond donors (Lipinski definition) is 1. The van der Waals surface area contributed by atoms with Crippen molar-refractivity contribution in [1.82, 2.24) is 15.1 Å². The van der Waals surface area contributed by atoms with Crippen molar-refractivity contribution in [2.75, 3.05) is 31.1 Å². The van der Waals surface area contributed by atoms with Crippen LogP contribution in [0.3, 0.4) is 0 Å². The van der Waals surface area contributed by atoms with E-state index in [1.807, 2.05) is 18.2 Å². The normalized spacial score (nSPS) is 20.5. The average molecular weight is 310 g/mol. The molecule has 0 saturated carbocycles. The van der Waals surface area contributed by atoms with Gasteiger partial charge in [-0.2, -0.15) is 0 Å². The minimum atomic E-state index is -0.107. The predicted octanol–water partition coefficient (Wildman–Crippen LogP) is 1.79. The molecule has 3 heterocycles. The van der Waals surface area contributed by atoms with Crippen LogP contribution in [0.25, 0.3) is 11.3 Å². The minimum Gasteiger partial charge on any atom is -0.390 e. The molecular formula is C18H22N4O. The molecule has 5 nitrogen and oxygen atoms in total. The Morgan fingerprint density at radius 1 is 0.913 bits per heavy atom. The number of benzene rings is 1. The molecule has 2 aliphatic rings. The van der Waals surface area contributed by atoms with Crippen LogP contribution in [0.15, 0.2) is 42.5 Å². The third kappa shape index (κ3) is 3.07. The number of rotatable bonds is 3. The van der Waals surface area contributed by atoms with E-state index in [0.717, 1.165) is 56.1 Å². The molecular weight excluding hydrogens is 288 g/mol. The van der Waals surface area contributed by atoms with Gasteiger partial charge in [0.2, 0.25) is 0 Å². The summed E-state index contributed by atoms with van der Waals surface area (Å²) >= 11 is 0. The minimum absolute atomic E-state index is 0.107. The fraction of sp³-hybridized carbons (Fsp3) is 0.444. The first-order valence-corrected chi connectivity index (χ1v) is 8.36. The molecule has 0 radical (unpaired) electrons. The summed E-state index contributed by atoms with van der Waals surface area (Å²) in [6, 6.07) is 14.9. The second kappa shape index (κ2) is 6.26. The summed E-state index contributed by atoms with van der Waals surface area (Å²) in [5.41, 5.74) is 2.01. The maximum atomic E-state index is 9.43. The lowest BCUT2D eigenvalue weighted by atomic mass is 9.98. The van der Waals surface area contributed by atoms with Crippen molar-refractivity contribution < 1.29 is 5.11 Å². The maximum Gasteiger partial charge on any atom is 0.151 e. The van der Waals surface area contributed by atoms with Crippen molar-refractivity contribution in [3.8, 4) is 11.3 Å². The number of likely N-dealkylation sites (tertiary alicyclic amines) is 1. The van der Waals surface area contributed by atoms with Crippen molar-refractivity contribution in [3.05, 3.63) is 42.5 Å². The van der Waals surface area contributed by atoms with E-state index in [1.54, 1.807) is 0 Å². The molecule has 1 N–H and O–H groups in total. The zero-order valence-electron chi connectivity index (χ0n) is 13.2. The lowest BCUT2D eigenvalue weighted by Gasteiger charge is -2.45. The first kappa shape index (κ1) is 14.6. The fourth-order valence-corrected chi connectivity index (χ4v) is 3.50. The fourth-order valence-electron chi connectivity index (χ4n) is 3.50. The van der Waals surface area contributed by atoms with Crippen LogP contribution in [0.5, 0.6) is 0 Å². The van der Waals surface area contributed by atoms with Gasteiger partial charge in [0, 0.05) is 37.8 Å². The monoisotopic (exact) mass is 310 g/mol.